The number of thiocarbonyl (C=S) groups is 1. The number of hydrogen-bond acceptors (Lipinski definition) is 4. The molecular weight excluding hydrogens is 211 g/mol. The summed E-state index contributed by atoms with van der Waals surface area (Å²) in [4.78, 5) is 3.79. The fourth-order valence-corrected chi connectivity index (χ4v) is 0.683. The van der Waals surface area contributed by atoms with Crippen molar-refractivity contribution in [2.24, 2.45) is 10.8 Å². The van der Waals surface area contributed by atoms with Crippen molar-refractivity contribution in [3.63, 3.8) is 0 Å². The fraction of sp³-hybridized carbons (Fsp3) is 0. The van der Waals surface area contributed by atoms with Gasteiger partial charge in [-0.15, -0.1) is 0 Å². The van der Waals surface area contributed by atoms with Crippen LogP contribution in [0.2, 0.25) is 0 Å². The van der Waals surface area contributed by atoms with Gasteiger partial charge in [0.2, 0.25) is 0 Å². The molecule has 5 nitrogen and oxygen atoms in total. The SMILES string of the molecule is NC(=S)NN=Cc1ccc([O-])cn1.[Na+]. The predicted octanol–water partition coefficient (Wildman–Crippen LogP) is -3.67. The van der Waals surface area contributed by atoms with Gasteiger partial charge in [0.1, 0.15) is 0 Å². The van der Waals surface area contributed by atoms with Gasteiger partial charge in [0.05, 0.1) is 11.9 Å². The molecule has 0 spiro atoms. The molecule has 1 rings (SSSR count). The van der Waals surface area contributed by atoms with Gasteiger partial charge in [-0.1, -0.05) is 11.8 Å². The summed E-state index contributed by atoms with van der Waals surface area (Å²) in [5.74, 6) is -0.139. The second-order valence-electron chi connectivity index (χ2n) is 2.15. The maximum atomic E-state index is 10.6. The molecule has 14 heavy (non-hydrogen) atoms. The van der Waals surface area contributed by atoms with Crippen molar-refractivity contribution in [2.75, 3.05) is 0 Å². The van der Waals surface area contributed by atoms with Crippen LogP contribution in [0.3, 0.4) is 0 Å². The third-order valence-corrected chi connectivity index (χ3v) is 1.22. The van der Waals surface area contributed by atoms with Crippen LogP contribution in [0.4, 0.5) is 0 Å². The Morgan fingerprint density at radius 3 is 2.86 bits per heavy atom. The van der Waals surface area contributed by atoms with E-state index in [1.54, 1.807) is 6.07 Å². The first-order valence-corrected chi connectivity index (χ1v) is 3.81. The topological polar surface area (TPSA) is 86.4 Å². The Hall–Kier alpha value is -0.690. The molecule has 7 heteroatoms. The van der Waals surface area contributed by atoms with Gasteiger partial charge in [-0.25, -0.2) is 0 Å². The molecule has 0 radical (unpaired) electrons. The van der Waals surface area contributed by atoms with Crippen LogP contribution in [-0.2, 0) is 0 Å². The molecule has 68 valence electrons. The minimum Gasteiger partial charge on any atom is -0.871 e. The van der Waals surface area contributed by atoms with E-state index < -0.39 is 0 Å². The van der Waals surface area contributed by atoms with E-state index in [9.17, 15) is 5.11 Å². The molecule has 0 saturated heterocycles. The Morgan fingerprint density at radius 2 is 2.36 bits per heavy atom. The van der Waals surface area contributed by atoms with Crippen LogP contribution >= 0.6 is 12.2 Å². The minimum atomic E-state index is -0.139. The van der Waals surface area contributed by atoms with E-state index in [2.05, 4.69) is 27.7 Å². The average Bonchev–Trinajstić information content (AvgIpc) is 2.08. The first-order valence-electron chi connectivity index (χ1n) is 3.40. The van der Waals surface area contributed by atoms with Gasteiger partial charge in [-0.2, -0.15) is 5.10 Å². The zero-order chi connectivity index (χ0) is 9.68. The van der Waals surface area contributed by atoms with Crippen molar-refractivity contribution in [1.82, 2.24) is 10.4 Å². The van der Waals surface area contributed by atoms with E-state index in [1.165, 1.54) is 18.5 Å². The standard InChI is InChI=1S/C7H8N4OS.Na/c8-7(13)11-10-3-5-1-2-6(12)4-9-5;/h1-4,12H,(H3,8,11,13);/q;+1/p-1. The van der Waals surface area contributed by atoms with Crippen LogP contribution in [0.1, 0.15) is 5.69 Å². The molecule has 0 atom stereocenters. The Labute approximate surface area is 109 Å². The molecule has 0 aliphatic heterocycles. The van der Waals surface area contributed by atoms with Crippen LogP contribution in [0.25, 0.3) is 0 Å². The Balaban J connectivity index is 0.00000169. The summed E-state index contributed by atoms with van der Waals surface area (Å²) in [5, 5.41) is 14.4. The van der Waals surface area contributed by atoms with Crippen LogP contribution in [0.5, 0.6) is 5.75 Å². The molecule has 0 unspecified atom stereocenters. The molecule has 0 aliphatic rings. The first-order chi connectivity index (χ1) is 6.18. The summed E-state index contributed by atoms with van der Waals surface area (Å²) >= 11 is 4.51. The van der Waals surface area contributed by atoms with Crippen LogP contribution in [0, 0.1) is 0 Å². The number of nitrogens with two attached hydrogens (primary N) is 1. The summed E-state index contributed by atoms with van der Waals surface area (Å²) < 4.78 is 0. The molecule has 0 saturated carbocycles. The summed E-state index contributed by atoms with van der Waals surface area (Å²) in [6.07, 6.45) is 2.63. The maximum Gasteiger partial charge on any atom is 1.00 e. The quantitative estimate of drug-likeness (QED) is 0.231. The van der Waals surface area contributed by atoms with Crippen molar-refractivity contribution < 1.29 is 34.7 Å². The largest absolute Gasteiger partial charge is 1.00 e. The summed E-state index contributed by atoms with van der Waals surface area (Å²) in [7, 11) is 0. The van der Waals surface area contributed by atoms with Gasteiger partial charge in [0.15, 0.2) is 5.11 Å². The van der Waals surface area contributed by atoms with Crippen molar-refractivity contribution >= 4 is 23.5 Å². The molecule has 1 aromatic rings. The summed E-state index contributed by atoms with van der Waals surface area (Å²) in [6, 6.07) is 2.95. The Morgan fingerprint density at radius 1 is 1.64 bits per heavy atom. The number of hydrazone groups is 1. The maximum absolute atomic E-state index is 10.6. The molecule has 3 N–H and O–H groups in total. The van der Waals surface area contributed by atoms with Gasteiger partial charge >= 0.3 is 29.6 Å². The normalized spacial score (nSPS) is 9.43. The second-order valence-corrected chi connectivity index (χ2v) is 2.59. The van der Waals surface area contributed by atoms with Crippen molar-refractivity contribution in [1.29, 1.82) is 0 Å². The van der Waals surface area contributed by atoms with Crippen molar-refractivity contribution in [3.05, 3.63) is 24.0 Å². The van der Waals surface area contributed by atoms with Gasteiger partial charge in [0.25, 0.3) is 0 Å². The minimum absolute atomic E-state index is 0. The molecule has 1 aromatic heterocycles. The van der Waals surface area contributed by atoms with E-state index in [-0.39, 0.29) is 40.4 Å². The number of rotatable bonds is 2. The molecule has 0 aromatic carbocycles. The summed E-state index contributed by atoms with van der Waals surface area (Å²) in [6.45, 7) is 0. The molecular formula is C7H7N4NaOS. The zero-order valence-electron chi connectivity index (χ0n) is 7.60. The van der Waals surface area contributed by atoms with Crippen LogP contribution in [0.15, 0.2) is 23.4 Å². The number of nitrogens with one attached hydrogen (secondary N) is 1. The van der Waals surface area contributed by atoms with E-state index in [4.69, 9.17) is 5.73 Å². The summed E-state index contributed by atoms with van der Waals surface area (Å²) in [5.41, 5.74) is 8.04. The smallest absolute Gasteiger partial charge is 0.871 e. The molecule has 0 aliphatic carbocycles. The predicted molar refractivity (Wildman–Crippen MR) is 51.2 cm³/mol. The van der Waals surface area contributed by atoms with Crippen LogP contribution in [-0.4, -0.2) is 16.3 Å². The third kappa shape index (κ3) is 5.13. The van der Waals surface area contributed by atoms with E-state index in [1.807, 2.05) is 0 Å². The van der Waals surface area contributed by atoms with Crippen molar-refractivity contribution in [2.45, 2.75) is 0 Å². The zero-order valence-corrected chi connectivity index (χ0v) is 10.4. The Bertz CT molecular complexity index is 327. The fourth-order valence-electron chi connectivity index (χ4n) is 0.630. The molecule has 0 bridgehead atoms. The number of aromatic nitrogens is 1. The number of nitrogens with zero attached hydrogens (tertiary/aromatic N) is 2. The number of pyridine rings is 1. The molecule has 1 heterocycles. The van der Waals surface area contributed by atoms with Crippen LogP contribution < -0.4 is 45.8 Å². The van der Waals surface area contributed by atoms with Gasteiger partial charge in [0, 0.05) is 6.20 Å². The first kappa shape index (κ1) is 13.3. The third-order valence-electron chi connectivity index (χ3n) is 1.13. The molecule has 0 amide bonds. The number of hydrogen-bond donors (Lipinski definition) is 2. The van der Waals surface area contributed by atoms with E-state index >= 15 is 0 Å². The monoisotopic (exact) mass is 218 g/mol. The molecule has 0 fully saturated rings. The van der Waals surface area contributed by atoms with Gasteiger partial charge in [-0.3, -0.25) is 10.4 Å². The van der Waals surface area contributed by atoms with E-state index in [0.717, 1.165) is 0 Å². The van der Waals surface area contributed by atoms with Gasteiger partial charge in [-0.05, 0) is 18.3 Å². The second kappa shape index (κ2) is 6.72. The van der Waals surface area contributed by atoms with E-state index in [0.29, 0.717) is 5.69 Å². The Kier molecular flexibility index (Phi) is 6.39. The van der Waals surface area contributed by atoms with Crippen molar-refractivity contribution in [3.8, 4) is 5.75 Å². The average molecular weight is 218 g/mol. The van der Waals surface area contributed by atoms with Gasteiger partial charge < -0.3 is 10.8 Å².